The van der Waals surface area contributed by atoms with Crippen molar-refractivity contribution in [3.8, 4) is 40.1 Å². The third-order valence-corrected chi connectivity index (χ3v) is 15.0. The fraction of sp³-hybridized carbons (Fsp3) is 0.434. The van der Waals surface area contributed by atoms with E-state index in [1.54, 1.807) is 78.2 Å². The van der Waals surface area contributed by atoms with Gasteiger partial charge in [-0.2, -0.15) is 0 Å². The molecule has 5 atom stereocenters. The van der Waals surface area contributed by atoms with E-state index in [0.29, 0.717) is 70.7 Å². The molecule has 0 radical (unpaired) electrons. The number of amides is 3. The van der Waals surface area contributed by atoms with Crippen molar-refractivity contribution in [3.05, 3.63) is 111 Å². The first kappa shape index (κ1) is 51.4. The number of ether oxygens (including phenoxy) is 1. The van der Waals surface area contributed by atoms with Crippen molar-refractivity contribution < 1.29 is 43.4 Å². The van der Waals surface area contributed by atoms with Crippen LogP contribution in [0.2, 0.25) is 15.9 Å². The summed E-state index contributed by atoms with van der Waals surface area (Å²) >= 11 is 12.3. The van der Waals surface area contributed by atoms with Crippen LogP contribution in [0.4, 0.5) is 0 Å². The number of hydrogen-bond donors (Lipinski definition) is 5. The van der Waals surface area contributed by atoms with Crippen molar-refractivity contribution in [1.82, 2.24) is 30.7 Å². The SMILES string of the molecule is CCNC(=O)c1nnc(-c2cc(C(C)C)c(O)cc2O)n1-c1ccc(Oc2ccc(C(=O)NCCC34OB([C@H](CC(=O)CNC(=O)c5cc(Cl)ccc5Cl)CC(C)C)O[C@H]3C[C@@H]3C[C@H]4C3(C)C)cc2)cc1. The number of Topliss-reactive ketones (excluding diaryl/α,β-unsaturated/α-hetero) is 1. The largest absolute Gasteiger partial charge is 0.508 e. The van der Waals surface area contributed by atoms with E-state index in [1.165, 1.54) is 12.1 Å². The molecule has 1 aromatic heterocycles. The highest BCUT2D eigenvalue weighted by molar-refractivity contribution is 6.48. The number of carbonyl (C=O) groups excluding carboxylic acids is 4. The highest BCUT2D eigenvalue weighted by atomic mass is 35.5. The van der Waals surface area contributed by atoms with Crippen LogP contribution in [0.1, 0.15) is 123 Å². The van der Waals surface area contributed by atoms with E-state index in [9.17, 15) is 29.4 Å². The quantitative estimate of drug-likeness (QED) is 0.0493. The fourth-order valence-corrected chi connectivity index (χ4v) is 11.1. The average Bonchev–Trinajstić information content (AvgIpc) is 3.95. The van der Waals surface area contributed by atoms with E-state index in [2.05, 4.69) is 53.8 Å². The molecule has 3 saturated carbocycles. The van der Waals surface area contributed by atoms with E-state index in [1.807, 2.05) is 13.8 Å². The summed E-state index contributed by atoms with van der Waals surface area (Å²) in [7, 11) is -0.623. The van der Waals surface area contributed by atoms with Gasteiger partial charge in [0.25, 0.3) is 17.7 Å². The Kier molecular flexibility index (Phi) is 15.2. The summed E-state index contributed by atoms with van der Waals surface area (Å²) in [6.45, 7) is 14.9. The zero-order valence-corrected chi connectivity index (χ0v) is 42.6. The number of carbonyl (C=O) groups is 4. The van der Waals surface area contributed by atoms with Gasteiger partial charge in [0.1, 0.15) is 23.0 Å². The molecule has 18 heteroatoms. The van der Waals surface area contributed by atoms with Crippen LogP contribution in [-0.4, -0.2) is 86.9 Å². The van der Waals surface area contributed by atoms with Crippen LogP contribution in [0.15, 0.2) is 78.9 Å². The number of rotatable bonds is 19. The van der Waals surface area contributed by atoms with Gasteiger partial charge in [-0.3, -0.25) is 23.7 Å². The van der Waals surface area contributed by atoms with E-state index in [0.717, 1.165) is 12.8 Å². The van der Waals surface area contributed by atoms with Crippen molar-refractivity contribution in [2.24, 2.45) is 23.2 Å². The molecule has 1 aliphatic heterocycles. The fourth-order valence-electron chi connectivity index (χ4n) is 10.7. The predicted octanol–water partition coefficient (Wildman–Crippen LogP) is 9.95. The molecular weight excluding hydrogens is 946 g/mol. The Morgan fingerprint density at radius 2 is 1.56 bits per heavy atom. The number of nitrogens with zero attached hydrogens (tertiary/aromatic N) is 3. The maximum Gasteiger partial charge on any atom is 0.461 e. The van der Waals surface area contributed by atoms with Gasteiger partial charge >= 0.3 is 7.12 Å². The lowest BCUT2D eigenvalue weighted by molar-refractivity contribution is -0.209. The van der Waals surface area contributed by atoms with Crippen LogP contribution in [0.5, 0.6) is 23.0 Å². The molecule has 5 aromatic rings. The second kappa shape index (κ2) is 21.0. The molecule has 1 unspecified atom stereocenters. The molecule has 15 nitrogen and oxygen atoms in total. The highest BCUT2D eigenvalue weighted by Gasteiger charge is 2.70. The third kappa shape index (κ3) is 10.7. The molecule has 71 heavy (non-hydrogen) atoms. The molecule has 4 aromatic carbocycles. The Bertz CT molecular complexity index is 2800. The summed E-state index contributed by atoms with van der Waals surface area (Å²) in [5.74, 6) is 0.243. The lowest BCUT2D eigenvalue weighted by Gasteiger charge is -2.65. The van der Waals surface area contributed by atoms with Crippen LogP contribution >= 0.6 is 23.2 Å². The number of nitrogens with one attached hydrogen (secondary N) is 3. The smallest absolute Gasteiger partial charge is 0.461 e. The van der Waals surface area contributed by atoms with E-state index < -0.39 is 24.5 Å². The van der Waals surface area contributed by atoms with Crippen molar-refractivity contribution in [3.63, 3.8) is 0 Å². The number of ketones is 1. The zero-order valence-electron chi connectivity index (χ0n) is 41.1. The van der Waals surface area contributed by atoms with Gasteiger partial charge in [-0.05, 0) is 140 Å². The van der Waals surface area contributed by atoms with Gasteiger partial charge in [0.2, 0.25) is 5.82 Å². The Balaban J connectivity index is 0.909. The van der Waals surface area contributed by atoms with E-state index >= 15 is 0 Å². The monoisotopic (exact) mass is 1010 g/mol. The molecule has 5 N–H and O–H groups in total. The van der Waals surface area contributed by atoms with Gasteiger partial charge in [0, 0.05) is 47.7 Å². The minimum absolute atomic E-state index is 0.0108. The molecule has 2 heterocycles. The third-order valence-electron chi connectivity index (χ3n) is 14.5. The Morgan fingerprint density at radius 3 is 2.23 bits per heavy atom. The van der Waals surface area contributed by atoms with Crippen molar-refractivity contribution in [1.29, 1.82) is 0 Å². The highest BCUT2D eigenvalue weighted by Crippen LogP contribution is 2.67. The van der Waals surface area contributed by atoms with Gasteiger partial charge in [-0.25, -0.2) is 0 Å². The molecule has 4 aliphatic rings. The summed E-state index contributed by atoms with van der Waals surface area (Å²) in [6.07, 6.45) is 3.03. The number of phenolic OH excluding ortho intramolecular Hbond substituents is 2. The first-order valence-corrected chi connectivity index (χ1v) is 25.1. The number of halogens is 2. The maximum absolute atomic E-state index is 13.6. The minimum atomic E-state index is -0.650. The van der Waals surface area contributed by atoms with Crippen LogP contribution in [-0.2, 0) is 14.1 Å². The molecule has 3 aliphatic carbocycles. The molecule has 1 saturated heterocycles. The van der Waals surface area contributed by atoms with Gasteiger partial charge in [-0.15, -0.1) is 10.2 Å². The normalized spacial score (nSPS) is 20.3. The molecule has 4 fully saturated rings. The van der Waals surface area contributed by atoms with Crippen molar-refractivity contribution in [2.75, 3.05) is 19.6 Å². The number of benzene rings is 4. The number of aromatic hydroxyl groups is 2. The summed E-state index contributed by atoms with van der Waals surface area (Å²) in [4.78, 5) is 53.1. The van der Waals surface area contributed by atoms with Crippen LogP contribution in [0, 0.1) is 23.2 Å². The van der Waals surface area contributed by atoms with Gasteiger partial charge in [-0.1, -0.05) is 64.7 Å². The number of aromatic nitrogens is 3. The van der Waals surface area contributed by atoms with Crippen molar-refractivity contribution >= 4 is 53.8 Å². The molecular formula is C53H61BCl2N6O9. The minimum Gasteiger partial charge on any atom is -0.508 e. The Morgan fingerprint density at radius 1 is 0.859 bits per heavy atom. The number of phenols is 2. The second-order valence-electron chi connectivity index (χ2n) is 20.3. The lowest BCUT2D eigenvalue weighted by atomic mass is 9.43. The first-order chi connectivity index (χ1) is 33.8. The zero-order chi connectivity index (χ0) is 50.9. The first-order valence-electron chi connectivity index (χ1n) is 24.3. The second-order valence-corrected chi connectivity index (χ2v) is 21.1. The standard InChI is InChI=1S/C53H61BCl2N6O9/c1-8-57-51(68)48-61-60-47(41-26-39(30(4)5)43(64)27-44(41)65)62(48)35-12-16-38(17-13-35)69-37-14-9-31(10-15-37)49(66)58-20-19-53-45-22-32(52(45,6)7)23-46(53)70-54(71-53)33(21-29(2)3)24-36(63)28-59-50(67)40-25-34(55)11-18-42(40)56/h9-18,25-27,29-30,32-33,45-46,64-65H,8,19-24,28H2,1-7H3,(H,57,68)(H,58,66)(H,59,67)/t32-,33-,45-,46-,53?/m0/s1. The summed E-state index contributed by atoms with van der Waals surface area (Å²) in [5, 5.41) is 39.0. The van der Waals surface area contributed by atoms with E-state index in [-0.39, 0.29) is 93.5 Å². The maximum atomic E-state index is 13.6. The topological polar surface area (TPSA) is 203 Å². The van der Waals surface area contributed by atoms with Crippen LogP contribution in [0.25, 0.3) is 17.1 Å². The van der Waals surface area contributed by atoms with Crippen LogP contribution < -0.4 is 20.7 Å². The van der Waals surface area contributed by atoms with Crippen molar-refractivity contribution in [2.45, 2.75) is 104 Å². The predicted molar refractivity (Wildman–Crippen MR) is 272 cm³/mol. The molecule has 374 valence electrons. The lowest BCUT2D eigenvalue weighted by Crippen LogP contribution is -2.67. The molecule has 3 amide bonds. The van der Waals surface area contributed by atoms with Gasteiger partial charge in [0.05, 0.1) is 34.4 Å². The number of hydrogen-bond acceptors (Lipinski definition) is 11. The van der Waals surface area contributed by atoms with Gasteiger partial charge in [0.15, 0.2) is 11.6 Å². The Hall–Kier alpha value is -5.94. The van der Waals surface area contributed by atoms with Crippen LogP contribution in [0.3, 0.4) is 0 Å². The summed E-state index contributed by atoms with van der Waals surface area (Å²) < 4.78 is 21.6. The molecule has 9 rings (SSSR count). The summed E-state index contributed by atoms with van der Waals surface area (Å²) in [6, 6.07) is 21.3. The molecule has 2 bridgehead atoms. The van der Waals surface area contributed by atoms with Gasteiger partial charge < -0.3 is 40.2 Å². The Labute approximate surface area is 424 Å². The van der Waals surface area contributed by atoms with E-state index in [4.69, 9.17) is 37.2 Å². The molecule has 0 spiro atoms. The summed E-state index contributed by atoms with van der Waals surface area (Å²) in [5.41, 5.74) is 1.45. The average molecular weight is 1010 g/mol.